The monoisotopic (exact) mass is 468 g/mol. The zero-order valence-corrected chi connectivity index (χ0v) is 18.0. The highest BCUT2D eigenvalue weighted by Gasteiger charge is 2.07. The number of hydrazone groups is 1. The molecule has 6 nitrogen and oxygen atoms in total. The van der Waals surface area contributed by atoms with E-state index in [9.17, 15) is 4.79 Å². The summed E-state index contributed by atoms with van der Waals surface area (Å²) in [6.45, 7) is 0.328. The Morgan fingerprint density at radius 2 is 1.77 bits per heavy atom. The molecule has 3 rings (SSSR count). The van der Waals surface area contributed by atoms with Crippen molar-refractivity contribution >= 4 is 28.1 Å². The van der Waals surface area contributed by atoms with Crippen molar-refractivity contribution in [3.63, 3.8) is 0 Å². The van der Waals surface area contributed by atoms with Gasteiger partial charge in [-0.3, -0.25) is 4.79 Å². The molecular weight excluding hydrogens is 448 g/mol. The summed E-state index contributed by atoms with van der Waals surface area (Å²) in [5, 5.41) is 3.95. The van der Waals surface area contributed by atoms with E-state index in [0.29, 0.717) is 18.1 Å². The highest BCUT2D eigenvalue weighted by atomic mass is 79.9. The third kappa shape index (κ3) is 6.63. The summed E-state index contributed by atoms with van der Waals surface area (Å²) in [6, 6.07) is 22.7. The highest BCUT2D eigenvalue weighted by Crippen LogP contribution is 2.30. The van der Waals surface area contributed by atoms with Crippen LogP contribution >= 0.6 is 15.9 Å². The smallest absolute Gasteiger partial charge is 0.277 e. The first-order chi connectivity index (χ1) is 14.6. The Morgan fingerprint density at radius 1 is 1.00 bits per heavy atom. The van der Waals surface area contributed by atoms with Crippen LogP contribution in [-0.4, -0.2) is 25.8 Å². The fourth-order valence-corrected chi connectivity index (χ4v) is 2.85. The molecule has 3 aromatic rings. The van der Waals surface area contributed by atoms with Crippen LogP contribution in [0.3, 0.4) is 0 Å². The SMILES string of the molecule is COc1cc(Br)ccc1OCC(=O)N/N=C\c1ccc(OCc2ccccc2)cc1. The molecule has 1 N–H and O–H groups in total. The van der Waals surface area contributed by atoms with Gasteiger partial charge in [0.2, 0.25) is 0 Å². The Morgan fingerprint density at radius 3 is 2.50 bits per heavy atom. The number of benzene rings is 3. The molecule has 0 atom stereocenters. The van der Waals surface area contributed by atoms with Crippen molar-refractivity contribution in [2.45, 2.75) is 6.61 Å². The zero-order valence-electron chi connectivity index (χ0n) is 16.4. The molecule has 0 bridgehead atoms. The predicted molar refractivity (Wildman–Crippen MR) is 119 cm³/mol. The maximum absolute atomic E-state index is 11.9. The van der Waals surface area contributed by atoms with Crippen LogP contribution in [0, 0.1) is 0 Å². The summed E-state index contributed by atoms with van der Waals surface area (Å²) < 4.78 is 17.3. The fraction of sp³-hybridized carbons (Fsp3) is 0.130. The number of rotatable bonds is 9. The summed E-state index contributed by atoms with van der Waals surface area (Å²) >= 11 is 3.36. The van der Waals surface area contributed by atoms with Crippen molar-refractivity contribution < 1.29 is 19.0 Å². The molecule has 0 fully saturated rings. The summed E-state index contributed by atoms with van der Waals surface area (Å²) in [7, 11) is 1.54. The number of amides is 1. The van der Waals surface area contributed by atoms with E-state index in [-0.39, 0.29) is 12.5 Å². The number of halogens is 1. The van der Waals surface area contributed by atoms with E-state index in [1.807, 2.05) is 54.6 Å². The second-order valence-corrected chi connectivity index (χ2v) is 7.14. The minimum absolute atomic E-state index is 0.179. The second kappa shape index (κ2) is 11.0. The number of nitrogens with one attached hydrogen (secondary N) is 1. The molecular formula is C23H21BrN2O4. The van der Waals surface area contributed by atoms with Crippen molar-refractivity contribution in [2.75, 3.05) is 13.7 Å². The Hall–Kier alpha value is -3.32. The standard InChI is InChI=1S/C23H21BrN2O4/c1-28-22-13-19(24)9-12-21(22)30-16-23(27)26-25-14-17-7-10-20(11-8-17)29-15-18-5-3-2-4-6-18/h2-14H,15-16H2,1H3,(H,26,27)/b25-14-. The molecule has 1 amide bonds. The molecule has 7 heteroatoms. The van der Waals surface area contributed by atoms with Gasteiger partial charge in [-0.15, -0.1) is 0 Å². The van der Waals surface area contributed by atoms with E-state index in [0.717, 1.165) is 21.3 Å². The molecule has 30 heavy (non-hydrogen) atoms. The summed E-state index contributed by atoms with van der Waals surface area (Å²) in [4.78, 5) is 11.9. The minimum Gasteiger partial charge on any atom is -0.493 e. The van der Waals surface area contributed by atoms with E-state index in [4.69, 9.17) is 14.2 Å². The van der Waals surface area contributed by atoms with Gasteiger partial charge < -0.3 is 14.2 Å². The number of ether oxygens (including phenoxy) is 3. The highest BCUT2D eigenvalue weighted by molar-refractivity contribution is 9.10. The Labute approximate surface area is 183 Å². The number of hydrogen-bond acceptors (Lipinski definition) is 5. The summed E-state index contributed by atoms with van der Waals surface area (Å²) in [6.07, 6.45) is 1.55. The lowest BCUT2D eigenvalue weighted by Crippen LogP contribution is -2.24. The number of nitrogens with zero attached hydrogens (tertiary/aromatic N) is 1. The normalized spacial score (nSPS) is 10.6. The fourth-order valence-electron chi connectivity index (χ4n) is 2.51. The van der Waals surface area contributed by atoms with Crippen LogP contribution in [0.2, 0.25) is 0 Å². The van der Waals surface area contributed by atoms with Gasteiger partial charge in [0.1, 0.15) is 12.4 Å². The van der Waals surface area contributed by atoms with Crippen molar-refractivity contribution in [1.82, 2.24) is 5.43 Å². The molecule has 0 aliphatic heterocycles. The average molecular weight is 469 g/mol. The average Bonchev–Trinajstić information content (AvgIpc) is 2.78. The maximum atomic E-state index is 11.9. The number of hydrogen-bond donors (Lipinski definition) is 1. The van der Waals surface area contributed by atoms with Crippen molar-refractivity contribution in [3.05, 3.63) is 88.4 Å². The van der Waals surface area contributed by atoms with Gasteiger partial charge in [-0.1, -0.05) is 46.3 Å². The van der Waals surface area contributed by atoms with Crippen LogP contribution in [0.4, 0.5) is 0 Å². The molecule has 154 valence electrons. The van der Waals surface area contributed by atoms with Crippen LogP contribution in [-0.2, 0) is 11.4 Å². The topological polar surface area (TPSA) is 69.2 Å². The van der Waals surface area contributed by atoms with Gasteiger partial charge in [-0.2, -0.15) is 5.10 Å². The largest absolute Gasteiger partial charge is 0.493 e. The Balaban J connectivity index is 1.44. The van der Waals surface area contributed by atoms with Gasteiger partial charge in [0.25, 0.3) is 5.91 Å². The third-order valence-corrected chi connectivity index (χ3v) is 4.51. The Bertz CT molecular complexity index is 992. The van der Waals surface area contributed by atoms with Gasteiger partial charge in [-0.25, -0.2) is 5.43 Å². The number of methoxy groups -OCH3 is 1. The van der Waals surface area contributed by atoms with Gasteiger partial charge in [0.15, 0.2) is 18.1 Å². The molecule has 3 aromatic carbocycles. The number of carbonyl (C=O) groups excluding carboxylic acids is 1. The molecule has 0 unspecified atom stereocenters. The second-order valence-electron chi connectivity index (χ2n) is 6.22. The van der Waals surface area contributed by atoms with E-state index >= 15 is 0 Å². The van der Waals surface area contributed by atoms with Gasteiger partial charge in [0.05, 0.1) is 13.3 Å². The van der Waals surface area contributed by atoms with Gasteiger partial charge in [0, 0.05) is 4.47 Å². The predicted octanol–water partition coefficient (Wildman–Crippen LogP) is 4.57. The first-order valence-corrected chi connectivity index (χ1v) is 9.98. The van der Waals surface area contributed by atoms with Crippen molar-refractivity contribution in [1.29, 1.82) is 0 Å². The summed E-state index contributed by atoms with van der Waals surface area (Å²) in [5.41, 5.74) is 4.37. The van der Waals surface area contributed by atoms with Crippen LogP contribution in [0.15, 0.2) is 82.4 Å². The van der Waals surface area contributed by atoms with Crippen LogP contribution in [0.25, 0.3) is 0 Å². The van der Waals surface area contributed by atoms with Crippen molar-refractivity contribution in [2.24, 2.45) is 5.10 Å². The molecule has 0 aliphatic carbocycles. The van der Waals surface area contributed by atoms with E-state index in [2.05, 4.69) is 26.5 Å². The van der Waals surface area contributed by atoms with E-state index in [1.165, 1.54) is 7.11 Å². The Kier molecular flexibility index (Phi) is 7.86. The van der Waals surface area contributed by atoms with E-state index in [1.54, 1.807) is 24.4 Å². The molecule has 0 aliphatic rings. The molecule has 0 heterocycles. The first-order valence-electron chi connectivity index (χ1n) is 9.19. The molecule has 0 saturated carbocycles. The van der Waals surface area contributed by atoms with Crippen LogP contribution in [0.1, 0.15) is 11.1 Å². The lowest BCUT2D eigenvalue weighted by molar-refractivity contribution is -0.123. The maximum Gasteiger partial charge on any atom is 0.277 e. The zero-order chi connectivity index (χ0) is 21.2. The number of carbonyl (C=O) groups is 1. The minimum atomic E-state index is -0.376. The quantitative estimate of drug-likeness (QED) is 0.369. The molecule has 0 saturated heterocycles. The molecule has 0 spiro atoms. The van der Waals surface area contributed by atoms with Crippen LogP contribution < -0.4 is 19.6 Å². The van der Waals surface area contributed by atoms with E-state index < -0.39 is 0 Å². The molecule has 0 aromatic heterocycles. The van der Waals surface area contributed by atoms with Gasteiger partial charge >= 0.3 is 0 Å². The van der Waals surface area contributed by atoms with Crippen LogP contribution in [0.5, 0.6) is 17.2 Å². The van der Waals surface area contributed by atoms with Gasteiger partial charge in [-0.05, 0) is 53.6 Å². The third-order valence-electron chi connectivity index (χ3n) is 4.02. The summed E-state index contributed by atoms with van der Waals surface area (Å²) in [5.74, 6) is 1.40. The lowest BCUT2D eigenvalue weighted by Gasteiger charge is -2.10. The molecule has 0 radical (unpaired) electrons. The van der Waals surface area contributed by atoms with Crippen molar-refractivity contribution in [3.8, 4) is 17.2 Å². The lowest BCUT2D eigenvalue weighted by atomic mass is 10.2. The first kappa shape index (κ1) is 21.4.